The zero-order chi connectivity index (χ0) is 15.4. The number of carbonyl (C=O) groups is 2. The van der Waals surface area contributed by atoms with Crippen LogP contribution in [0.4, 0.5) is 4.79 Å². The van der Waals surface area contributed by atoms with Crippen LogP contribution in [0.5, 0.6) is 0 Å². The van der Waals surface area contributed by atoms with Gasteiger partial charge in [-0.1, -0.05) is 12.8 Å². The first-order chi connectivity index (χ1) is 10.0. The van der Waals surface area contributed by atoms with Gasteiger partial charge in [0.15, 0.2) is 6.04 Å². The van der Waals surface area contributed by atoms with E-state index in [4.69, 9.17) is 0 Å². The smallest absolute Gasteiger partial charge is 0.331 e. The molecule has 1 aliphatic rings. The Morgan fingerprint density at radius 1 is 1.52 bits per heavy atom. The Morgan fingerprint density at radius 2 is 2.19 bits per heavy atom. The van der Waals surface area contributed by atoms with Gasteiger partial charge in [0, 0.05) is 31.4 Å². The first-order valence-corrected chi connectivity index (χ1v) is 7.31. The number of aryl methyl sites for hydroxylation is 1. The van der Waals surface area contributed by atoms with Gasteiger partial charge in [-0.25, -0.2) is 9.59 Å². The van der Waals surface area contributed by atoms with E-state index in [0.717, 1.165) is 25.7 Å². The van der Waals surface area contributed by atoms with Crippen molar-refractivity contribution in [2.24, 2.45) is 7.05 Å². The van der Waals surface area contributed by atoms with Gasteiger partial charge in [-0.3, -0.25) is 4.68 Å². The predicted octanol–water partition coefficient (Wildman–Crippen LogP) is 1.52. The fourth-order valence-electron chi connectivity index (χ4n) is 2.87. The molecule has 1 aliphatic carbocycles. The molecule has 1 fully saturated rings. The Bertz CT molecular complexity index is 508. The third-order valence-electron chi connectivity index (χ3n) is 3.94. The molecule has 7 nitrogen and oxygen atoms in total. The van der Waals surface area contributed by atoms with E-state index in [1.54, 1.807) is 18.1 Å². The quantitative estimate of drug-likeness (QED) is 0.862. The van der Waals surface area contributed by atoms with Crippen LogP contribution >= 0.6 is 0 Å². The van der Waals surface area contributed by atoms with Crippen LogP contribution in [0.3, 0.4) is 0 Å². The number of amides is 2. The largest absolute Gasteiger partial charge is 0.479 e. The monoisotopic (exact) mass is 294 g/mol. The average Bonchev–Trinajstić information content (AvgIpc) is 3.08. The van der Waals surface area contributed by atoms with Crippen molar-refractivity contribution in [2.75, 3.05) is 6.54 Å². The van der Waals surface area contributed by atoms with Gasteiger partial charge in [-0.2, -0.15) is 5.10 Å². The molecule has 0 saturated heterocycles. The Labute approximate surface area is 123 Å². The van der Waals surface area contributed by atoms with E-state index in [1.165, 1.54) is 10.9 Å². The van der Waals surface area contributed by atoms with Gasteiger partial charge in [0.05, 0.1) is 6.20 Å². The van der Waals surface area contributed by atoms with Gasteiger partial charge in [0.25, 0.3) is 0 Å². The number of rotatable bonds is 5. The van der Waals surface area contributed by atoms with Gasteiger partial charge in [-0.05, 0) is 19.8 Å². The molecule has 2 rings (SSSR count). The third-order valence-corrected chi connectivity index (χ3v) is 3.94. The second-order valence-corrected chi connectivity index (χ2v) is 5.39. The third kappa shape index (κ3) is 3.53. The lowest BCUT2D eigenvalue weighted by molar-refractivity contribution is -0.139. The van der Waals surface area contributed by atoms with Crippen molar-refractivity contribution in [2.45, 2.75) is 44.7 Å². The van der Waals surface area contributed by atoms with Crippen molar-refractivity contribution in [3.63, 3.8) is 0 Å². The number of aliphatic carboxylic acids is 1. The first kappa shape index (κ1) is 15.3. The van der Waals surface area contributed by atoms with Crippen LogP contribution in [0.15, 0.2) is 12.4 Å². The Hall–Kier alpha value is -2.05. The number of urea groups is 1. The summed E-state index contributed by atoms with van der Waals surface area (Å²) in [5, 5.41) is 15.9. The molecule has 0 spiro atoms. The summed E-state index contributed by atoms with van der Waals surface area (Å²) in [7, 11) is 1.71. The number of nitrogens with one attached hydrogen (secondary N) is 1. The Balaban J connectivity index is 2.08. The molecule has 1 heterocycles. The van der Waals surface area contributed by atoms with Crippen molar-refractivity contribution >= 4 is 12.0 Å². The first-order valence-electron chi connectivity index (χ1n) is 7.31. The van der Waals surface area contributed by atoms with E-state index in [0.29, 0.717) is 12.1 Å². The zero-order valence-electron chi connectivity index (χ0n) is 12.5. The molecule has 21 heavy (non-hydrogen) atoms. The highest BCUT2D eigenvalue weighted by atomic mass is 16.4. The molecular weight excluding hydrogens is 272 g/mol. The highest BCUT2D eigenvalue weighted by Crippen LogP contribution is 2.24. The highest BCUT2D eigenvalue weighted by molar-refractivity contribution is 5.83. The van der Waals surface area contributed by atoms with Gasteiger partial charge in [0.1, 0.15) is 0 Å². The van der Waals surface area contributed by atoms with Gasteiger partial charge in [0.2, 0.25) is 0 Å². The minimum Gasteiger partial charge on any atom is -0.479 e. The van der Waals surface area contributed by atoms with Crippen LogP contribution in [0.1, 0.15) is 44.2 Å². The number of hydrogen-bond acceptors (Lipinski definition) is 3. The maximum Gasteiger partial charge on any atom is 0.331 e. The van der Waals surface area contributed by atoms with E-state index in [2.05, 4.69) is 10.4 Å². The molecule has 7 heteroatoms. The SMILES string of the molecule is CCN(C(=O)NC(C(=O)O)c1cnn(C)c1)C1CCCC1. The van der Waals surface area contributed by atoms with Crippen molar-refractivity contribution in [1.29, 1.82) is 0 Å². The van der Waals surface area contributed by atoms with Crippen LogP contribution < -0.4 is 5.32 Å². The van der Waals surface area contributed by atoms with Crippen LogP contribution in [0.25, 0.3) is 0 Å². The molecule has 0 aromatic carbocycles. The summed E-state index contributed by atoms with van der Waals surface area (Å²) in [6.45, 7) is 2.49. The van der Waals surface area contributed by atoms with Crippen LogP contribution in [0, 0.1) is 0 Å². The molecule has 1 aromatic rings. The van der Waals surface area contributed by atoms with Crippen LogP contribution in [-0.2, 0) is 11.8 Å². The van der Waals surface area contributed by atoms with E-state index in [-0.39, 0.29) is 12.1 Å². The average molecular weight is 294 g/mol. The van der Waals surface area contributed by atoms with Crippen molar-refractivity contribution in [3.8, 4) is 0 Å². The molecule has 116 valence electrons. The molecule has 2 N–H and O–H groups in total. The lowest BCUT2D eigenvalue weighted by atomic mass is 10.1. The molecule has 1 atom stereocenters. The van der Waals surface area contributed by atoms with E-state index in [1.807, 2.05) is 6.92 Å². The van der Waals surface area contributed by atoms with Gasteiger partial charge >= 0.3 is 12.0 Å². The summed E-state index contributed by atoms with van der Waals surface area (Å²) in [6.07, 6.45) is 7.30. The standard InChI is InChI=1S/C14H22N4O3/c1-3-18(11-6-4-5-7-11)14(21)16-12(13(19)20)10-8-15-17(2)9-10/h8-9,11-12H,3-7H2,1-2H3,(H,16,21)(H,19,20). The lowest BCUT2D eigenvalue weighted by Crippen LogP contribution is -2.47. The summed E-state index contributed by atoms with van der Waals surface area (Å²) >= 11 is 0. The number of carbonyl (C=O) groups excluding carboxylic acids is 1. The molecule has 1 saturated carbocycles. The topological polar surface area (TPSA) is 87.5 Å². The van der Waals surface area contributed by atoms with Gasteiger partial charge < -0.3 is 15.3 Å². The second-order valence-electron chi connectivity index (χ2n) is 5.39. The summed E-state index contributed by atoms with van der Waals surface area (Å²) in [6, 6.07) is -1.17. The van der Waals surface area contributed by atoms with Crippen molar-refractivity contribution in [3.05, 3.63) is 18.0 Å². The minimum absolute atomic E-state index is 0.221. The molecule has 1 aromatic heterocycles. The van der Waals surface area contributed by atoms with E-state index in [9.17, 15) is 14.7 Å². The molecular formula is C14H22N4O3. The number of carboxylic acid groups (broad SMARTS) is 1. The number of nitrogens with zero attached hydrogens (tertiary/aromatic N) is 3. The van der Waals surface area contributed by atoms with E-state index < -0.39 is 12.0 Å². The molecule has 0 bridgehead atoms. The highest BCUT2D eigenvalue weighted by Gasteiger charge is 2.29. The fourth-order valence-corrected chi connectivity index (χ4v) is 2.87. The molecule has 0 aliphatic heterocycles. The number of hydrogen-bond donors (Lipinski definition) is 2. The maximum atomic E-state index is 12.4. The molecule has 0 radical (unpaired) electrons. The summed E-state index contributed by atoms with van der Waals surface area (Å²) < 4.78 is 1.52. The second kappa shape index (κ2) is 6.60. The maximum absolute atomic E-state index is 12.4. The number of aromatic nitrogens is 2. The van der Waals surface area contributed by atoms with Crippen LogP contribution in [0.2, 0.25) is 0 Å². The zero-order valence-corrected chi connectivity index (χ0v) is 12.5. The lowest BCUT2D eigenvalue weighted by Gasteiger charge is -2.29. The van der Waals surface area contributed by atoms with Crippen molar-refractivity contribution in [1.82, 2.24) is 20.0 Å². The van der Waals surface area contributed by atoms with Crippen LogP contribution in [-0.4, -0.2) is 44.4 Å². The molecule has 2 amide bonds. The predicted molar refractivity (Wildman–Crippen MR) is 76.8 cm³/mol. The molecule has 1 unspecified atom stereocenters. The summed E-state index contributed by atoms with van der Waals surface area (Å²) in [5.74, 6) is -1.08. The summed E-state index contributed by atoms with van der Waals surface area (Å²) in [4.78, 5) is 25.5. The summed E-state index contributed by atoms with van der Waals surface area (Å²) in [5.41, 5.74) is 0.473. The Kier molecular flexibility index (Phi) is 4.82. The van der Waals surface area contributed by atoms with E-state index >= 15 is 0 Å². The fraction of sp³-hybridized carbons (Fsp3) is 0.643. The Morgan fingerprint density at radius 3 is 2.67 bits per heavy atom. The number of carboxylic acids is 1. The normalized spacial score (nSPS) is 16.7. The minimum atomic E-state index is -1.08. The van der Waals surface area contributed by atoms with Crippen molar-refractivity contribution < 1.29 is 14.7 Å². The van der Waals surface area contributed by atoms with Gasteiger partial charge in [-0.15, -0.1) is 0 Å².